The maximum Gasteiger partial charge on any atom is 0.573 e. The quantitative estimate of drug-likeness (QED) is 0.174. The minimum absolute atomic E-state index is 0.0414. The van der Waals surface area contributed by atoms with E-state index < -0.39 is 33.8 Å². The SMILES string of the molecule is Cc1nc(-c2cc(-c3cccc(S(C)(=O)=O)c3)ccc2-n2nc(C(F)(F)F)cc2Cl)c(-c2ccc(OC(F)(F)F)cc2)o1. The van der Waals surface area contributed by atoms with Gasteiger partial charge >= 0.3 is 12.5 Å². The summed E-state index contributed by atoms with van der Waals surface area (Å²) < 4.78 is 113. The molecule has 0 saturated heterocycles. The molecule has 0 spiro atoms. The van der Waals surface area contributed by atoms with E-state index in [0.717, 1.165) is 23.1 Å². The van der Waals surface area contributed by atoms with Crippen molar-refractivity contribution in [1.29, 1.82) is 0 Å². The van der Waals surface area contributed by atoms with Crippen LogP contribution in [0, 0.1) is 6.92 Å². The second-order valence-electron chi connectivity index (χ2n) is 9.28. The molecule has 0 bridgehead atoms. The lowest BCUT2D eigenvalue weighted by molar-refractivity contribution is -0.274. The van der Waals surface area contributed by atoms with Crippen molar-refractivity contribution in [2.45, 2.75) is 24.4 Å². The number of hydrogen-bond donors (Lipinski definition) is 0. The molecule has 5 aromatic rings. The van der Waals surface area contributed by atoms with E-state index in [0.29, 0.717) is 17.2 Å². The maximum atomic E-state index is 13.5. The van der Waals surface area contributed by atoms with Crippen molar-refractivity contribution in [3.63, 3.8) is 0 Å². The molecule has 7 nitrogen and oxygen atoms in total. The monoisotopic (exact) mass is 641 g/mol. The summed E-state index contributed by atoms with van der Waals surface area (Å²) in [4.78, 5) is 4.46. The first-order chi connectivity index (χ1) is 20.0. The summed E-state index contributed by atoms with van der Waals surface area (Å²) in [5.41, 5.74) is 0.322. The molecule has 0 unspecified atom stereocenters. The van der Waals surface area contributed by atoms with E-state index in [1.165, 1.54) is 43.3 Å². The van der Waals surface area contributed by atoms with Gasteiger partial charge < -0.3 is 9.15 Å². The van der Waals surface area contributed by atoms with Crippen LogP contribution in [0.3, 0.4) is 0 Å². The highest BCUT2D eigenvalue weighted by molar-refractivity contribution is 7.90. The van der Waals surface area contributed by atoms with Gasteiger partial charge in [-0.15, -0.1) is 13.2 Å². The predicted molar refractivity (Wildman–Crippen MR) is 144 cm³/mol. The molecule has 0 amide bonds. The zero-order valence-electron chi connectivity index (χ0n) is 22.0. The lowest BCUT2D eigenvalue weighted by Crippen LogP contribution is -2.16. The highest BCUT2D eigenvalue weighted by Gasteiger charge is 2.35. The van der Waals surface area contributed by atoms with Crippen LogP contribution >= 0.6 is 11.6 Å². The van der Waals surface area contributed by atoms with Gasteiger partial charge in [-0.1, -0.05) is 29.8 Å². The summed E-state index contributed by atoms with van der Waals surface area (Å²) in [5, 5.41) is 3.28. The van der Waals surface area contributed by atoms with Gasteiger partial charge in [-0.05, 0) is 59.7 Å². The van der Waals surface area contributed by atoms with Crippen LogP contribution < -0.4 is 4.74 Å². The summed E-state index contributed by atoms with van der Waals surface area (Å²) in [7, 11) is -3.56. The second kappa shape index (κ2) is 10.8. The molecule has 0 radical (unpaired) electrons. The number of benzene rings is 3. The van der Waals surface area contributed by atoms with Gasteiger partial charge in [-0.25, -0.2) is 18.1 Å². The normalized spacial score (nSPS) is 12.5. The van der Waals surface area contributed by atoms with E-state index in [9.17, 15) is 34.8 Å². The van der Waals surface area contributed by atoms with E-state index in [2.05, 4.69) is 14.8 Å². The van der Waals surface area contributed by atoms with E-state index in [-0.39, 0.29) is 44.2 Å². The summed E-state index contributed by atoms with van der Waals surface area (Å²) >= 11 is 6.19. The molecular weight excluding hydrogens is 624 g/mol. The Kier molecular flexibility index (Phi) is 7.55. The number of aromatic nitrogens is 3. The number of rotatable bonds is 6. The molecule has 0 aliphatic heterocycles. The fourth-order valence-electron chi connectivity index (χ4n) is 4.28. The van der Waals surface area contributed by atoms with Gasteiger partial charge in [0.25, 0.3) is 0 Å². The van der Waals surface area contributed by atoms with Gasteiger partial charge in [0.1, 0.15) is 16.6 Å². The topological polar surface area (TPSA) is 87.2 Å². The Morgan fingerprint density at radius 3 is 2.14 bits per heavy atom. The molecule has 0 saturated carbocycles. The van der Waals surface area contributed by atoms with Crippen LogP contribution in [0.1, 0.15) is 11.6 Å². The van der Waals surface area contributed by atoms with Crippen molar-refractivity contribution >= 4 is 21.4 Å². The lowest BCUT2D eigenvalue weighted by Gasteiger charge is -2.14. The zero-order valence-corrected chi connectivity index (χ0v) is 23.5. The highest BCUT2D eigenvalue weighted by atomic mass is 35.5. The second-order valence-corrected chi connectivity index (χ2v) is 11.7. The molecule has 0 aliphatic carbocycles. The lowest BCUT2D eigenvalue weighted by atomic mass is 9.98. The average Bonchev–Trinajstić information content (AvgIpc) is 3.50. The molecule has 224 valence electrons. The third-order valence-corrected chi connectivity index (χ3v) is 7.50. The van der Waals surface area contributed by atoms with Crippen molar-refractivity contribution in [2.75, 3.05) is 6.26 Å². The predicted octanol–water partition coefficient (Wildman–Crippen LogP) is 8.14. The van der Waals surface area contributed by atoms with Gasteiger partial charge in [0.05, 0.1) is 10.6 Å². The maximum absolute atomic E-state index is 13.5. The Hall–Kier alpha value is -4.30. The molecule has 43 heavy (non-hydrogen) atoms. The Morgan fingerprint density at radius 1 is 0.884 bits per heavy atom. The first-order valence-electron chi connectivity index (χ1n) is 12.1. The molecular formula is C28H18ClF6N3O4S. The van der Waals surface area contributed by atoms with Gasteiger partial charge in [0.15, 0.2) is 27.2 Å². The first-order valence-corrected chi connectivity index (χ1v) is 14.4. The third kappa shape index (κ3) is 6.54. The molecule has 0 N–H and O–H groups in total. The van der Waals surface area contributed by atoms with E-state index in [4.69, 9.17) is 16.0 Å². The minimum atomic E-state index is -4.91. The van der Waals surface area contributed by atoms with Crippen LogP contribution in [-0.2, 0) is 16.0 Å². The number of ether oxygens (including phenoxy) is 1. The molecule has 0 atom stereocenters. The molecule has 2 heterocycles. The van der Waals surface area contributed by atoms with Crippen molar-refractivity contribution in [1.82, 2.24) is 14.8 Å². The van der Waals surface area contributed by atoms with Gasteiger partial charge in [-0.3, -0.25) is 0 Å². The number of hydrogen-bond acceptors (Lipinski definition) is 6. The number of sulfone groups is 1. The average molecular weight is 642 g/mol. The molecule has 3 aromatic carbocycles. The summed E-state index contributed by atoms with van der Waals surface area (Å²) in [6.07, 6.45) is -8.65. The standard InChI is InChI=1S/C28H18ClF6N3O4S/c1-15-36-25(26(41-15)16-6-9-19(10-7-16)42-28(33,34)35)21-13-18(17-4-3-5-20(12-17)43(2,39)40)8-11-22(21)38-24(29)14-23(37-38)27(30,31)32/h3-14H,1-2H3. The Balaban J connectivity index is 1.72. The van der Waals surface area contributed by atoms with Crippen LogP contribution in [0.4, 0.5) is 26.3 Å². The van der Waals surface area contributed by atoms with Gasteiger partial charge in [-0.2, -0.15) is 18.3 Å². The molecule has 2 aromatic heterocycles. The molecule has 0 fully saturated rings. The van der Waals surface area contributed by atoms with E-state index in [1.807, 2.05) is 0 Å². The number of nitrogens with zero attached hydrogens (tertiary/aromatic N) is 3. The Bertz CT molecular complexity index is 1930. The van der Waals surface area contributed by atoms with Gasteiger partial charge in [0.2, 0.25) is 0 Å². The fraction of sp³-hybridized carbons (Fsp3) is 0.143. The van der Waals surface area contributed by atoms with Crippen molar-refractivity contribution in [3.05, 3.63) is 89.5 Å². The number of oxazole rings is 1. The third-order valence-electron chi connectivity index (χ3n) is 6.12. The van der Waals surface area contributed by atoms with Crippen LogP contribution in [0.25, 0.3) is 39.4 Å². The van der Waals surface area contributed by atoms with Crippen LogP contribution in [-0.4, -0.2) is 35.8 Å². The van der Waals surface area contributed by atoms with Crippen molar-refractivity contribution in [3.8, 4) is 45.1 Å². The van der Waals surface area contributed by atoms with Crippen molar-refractivity contribution in [2.24, 2.45) is 0 Å². The number of halogens is 7. The smallest absolute Gasteiger partial charge is 0.440 e. The van der Waals surface area contributed by atoms with E-state index in [1.54, 1.807) is 18.2 Å². The van der Waals surface area contributed by atoms with Gasteiger partial charge in [0, 0.05) is 30.4 Å². The minimum Gasteiger partial charge on any atom is -0.440 e. The molecule has 5 rings (SSSR count). The molecule has 0 aliphatic rings. The molecule has 15 heteroatoms. The summed E-state index contributed by atoms with van der Waals surface area (Å²) in [6.45, 7) is 1.51. The van der Waals surface area contributed by atoms with E-state index >= 15 is 0 Å². The number of alkyl halides is 6. The van der Waals surface area contributed by atoms with Crippen molar-refractivity contribution < 1.29 is 43.9 Å². The Morgan fingerprint density at radius 2 is 1.53 bits per heavy atom. The fourth-order valence-corrected chi connectivity index (χ4v) is 5.17. The highest BCUT2D eigenvalue weighted by Crippen LogP contribution is 2.40. The summed E-state index contributed by atoms with van der Waals surface area (Å²) in [5.74, 6) is -0.261. The van der Waals surface area contributed by atoms with Crippen LogP contribution in [0.15, 0.2) is 82.1 Å². The first kappa shape index (κ1) is 30.2. The van der Waals surface area contributed by atoms with Crippen LogP contribution in [0.2, 0.25) is 5.15 Å². The largest absolute Gasteiger partial charge is 0.573 e. The zero-order chi connectivity index (χ0) is 31.3. The summed E-state index contributed by atoms with van der Waals surface area (Å²) in [6, 6.07) is 15.9. The Labute approximate surface area is 245 Å². The van der Waals surface area contributed by atoms with Crippen LogP contribution in [0.5, 0.6) is 5.75 Å². The number of aryl methyl sites for hydroxylation is 1.